The Labute approximate surface area is 312 Å². The molecule has 0 radical (unpaired) electrons. The van der Waals surface area contributed by atoms with E-state index in [9.17, 15) is 20.1 Å². The summed E-state index contributed by atoms with van der Waals surface area (Å²) < 4.78 is 46.5. The Balaban J connectivity index is 1.24. The second-order valence-corrected chi connectivity index (χ2v) is 18.0. The van der Waals surface area contributed by atoms with Crippen molar-refractivity contribution in [3.05, 3.63) is 11.6 Å². The molecule has 0 saturated carbocycles. The summed E-state index contributed by atoms with van der Waals surface area (Å²) in [5, 5.41) is 30.6. The first-order chi connectivity index (χ1) is 24.4. The molecule has 5 heterocycles. The van der Waals surface area contributed by atoms with Crippen LogP contribution in [-0.4, -0.2) is 108 Å². The molecule has 5 saturated heterocycles. The molecule has 0 unspecified atom stereocenters. The Kier molecular flexibility index (Phi) is 13.0. The van der Waals surface area contributed by atoms with E-state index in [1.807, 2.05) is 6.92 Å². The zero-order valence-corrected chi connectivity index (χ0v) is 33.8. The summed E-state index contributed by atoms with van der Waals surface area (Å²) in [7, 11) is 3.35. The number of carboxylic acids is 1. The van der Waals surface area contributed by atoms with Gasteiger partial charge in [0.1, 0.15) is 0 Å². The van der Waals surface area contributed by atoms with Gasteiger partial charge in [0.15, 0.2) is 11.6 Å². The summed E-state index contributed by atoms with van der Waals surface area (Å²) in [6.07, 6.45) is 6.82. The van der Waals surface area contributed by atoms with Crippen LogP contribution in [0.15, 0.2) is 11.6 Å². The van der Waals surface area contributed by atoms with Crippen molar-refractivity contribution in [3.63, 3.8) is 0 Å². The third-order valence-electron chi connectivity index (χ3n) is 13.8. The Bertz CT molecular complexity index is 1250. The number of aliphatic hydroxyl groups excluding tert-OH is 2. The summed E-state index contributed by atoms with van der Waals surface area (Å²) >= 11 is 0. The Morgan fingerprint density at radius 2 is 1.67 bits per heavy atom. The molecule has 11 nitrogen and oxygen atoms in total. The number of rotatable bonds is 13. The van der Waals surface area contributed by atoms with E-state index in [1.54, 1.807) is 27.2 Å². The van der Waals surface area contributed by atoms with Crippen molar-refractivity contribution in [2.75, 3.05) is 20.8 Å². The molecule has 0 bridgehead atoms. The molecule has 5 aliphatic rings. The Morgan fingerprint density at radius 1 is 0.962 bits per heavy atom. The lowest BCUT2D eigenvalue weighted by Crippen LogP contribution is -2.58. The first kappa shape index (κ1) is 42.0. The van der Waals surface area contributed by atoms with Gasteiger partial charge in [0.25, 0.3) is 0 Å². The second kappa shape index (κ2) is 16.1. The maximum absolute atomic E-state index is 11.2. The smallest absolute Gasteiger partial charge is 0.330 e. The normalized spacial score (nSPS) is 48.3. The van der Waals surface area contributed by atoms with Gasteiger partial charge in [-0.2, -0.15) is 0 Å². The molecule has 17 atom stereocenters. The van der Waals surface area contributed by atoms with Gasteiger partial charge in [0.05, 0.1) is 60.5 Å². The fourth-order valence-corrected chi connectivity index (χ4v) is 10.8. The van der Waals surface area contributed by atoms with Gasteiger partial charge in [0.2, 0.25) is 0 Å². The van der Waals surface area contributed by atoms with Crippen molar-refractivity contribution < 1.29 is 53.3 Å². The maximum atomic E-state index is 11.2. The Hall–Kier alpha value is -1.15. The zero-order valence-electron chi connectivity index (χ0n) is 33.8. The van der Waals surface area contributed by atoms with Crippen molar-refractivity contribution in [1.82, 2.24) is 0 Å². The van der Waals surface area contributed by atoms with E-state index in [0.29, 0.717) is 31.3 Å². The van der Waals surface area contributed by atoms with Crippen LogP contribution in [0, 0.1) is 35.5 Å². The minimum absolute atomic E-state index is 0.0306. The van der Waals surface area contributed by atoms with Crippen molar-refractivity contribution >= 4 is 5.97 Å². The summed E-state index contributed by atoms with van der Waals surface area (Å²) in [5.41, 5.74) is -0.768. The van der Waals surface area contributed by atoms with Crippen molar-refractivity contribution in [2.45, 2.75) is 186 Å². The van der Waals surface area contributed by atoms with Crippen LogP contribution in [0.5, 0.6) is 0 Å². The van der Waals surface area contributed by atoms with Crippen LogP contribution in [-0.2, 0) is 38.0 Å². The number of allylic oxidation sites excluding steroid dienone is 1. The standard InChI is InChI=1S/C41H70O11/c1-23(16-26(4)37(44)45)12-13-30(43)19-31-20-32(46-10)29(7)41(49-31)28(6)21-39(9,52-41)34-14-15-38(8,50-34)36-25(3)18-33(48-36)35-24(2)17-27(5)40(22-42,47-11)51-35/h16,23-25,27-36,42-43H,12-15,17-22H2,1-11H3,(H,44,45)/t23-,24-,25-,27+,28+,29+,30+,31+,32+,33+,34+,35-,36+,38-,39-,40-,41+/m0/s1. The van der Waals surface area contributed by atoms with Crippen molar-refractivity contribution in [1.29, 1.82) is 0 Å². The first-order valence-electron chi connectivity index (χ1n) is 20.0. The van der Waals surface area contributed by atoms with E-state index in [0.717, 1.165) is 32.1 Å². The lowest BCUT2D eigenvalue weighted by Gasteiger charge is -2.50. The van der Waals surface area contributed by atoms with Crippen molar-refractivity contribution in [3.8, 4) is 0 Å². The fraction of sp³-hybridized carbons (Fsp3) is 0.927. The molecular formula is C41H70O11. The molecule has 5 rings (SSSR count). The Morgan fingerprint density at radius 3 is 2.31 bits per heavy atom. The molecule has 0 aromatic heterocycles. The quantitative estimate of drug-likeness (QED) is 0.184. The molecule has 5 fully saturated rings. The average molecular weight is 739 g/mol. The molecular weight excluding hydrogens is 668 g/mol. The van der Waals surface area contributed by atoms with Crippen LogP contribution in [0.4, 0.5) is 0 Å². The molecule has 0 aromatic carbocycles. The van der Waals surface area contributed by atoms with Gasteiger partial charge in [0, 0.05) is 44.0 Å². The molecule has 0 aliphatic carbocycles. The summed E-state index contributed by atoms with van der Waals surface area (Å²) in [6.45, 7) is 18.6. The van der Waals surface area contributed by atoms with Crippen LogP contribution in [0.2, 0.25) is 0 Å². The highest BCUT2D eigenvalue weighted by Crippen LogP contribution is 2.57. The second-order valence-electron chi connectivity index (χ2n) is 18.0. The monoisotopic (exact) mass is 738 g/mol. The molecule has 52 heavy (non-hydrogen) atoms. The molecule has 11 heteroatoms. The number of carboxylic acid groups (broad SMARTS) is 1. The summed E-state index contributed by atoms with van der Waals surface area (Å²) in [6, 6.07) is 0. The fourth-order valence-electron chi connectivity index (χ4n) is 10.8. The zero-order chi connectivity index (χ0) is 38.4. The molecule has 0 aromatic rings. The number of hydrogen-bond acceptors (Lipinski definition) is 10. The predicted octanol–water partition coefficient (Wildman–Crippen LogP) is 6.26. The number of hydrogen-bond donors (Lipinski definition) is 3. The third-order valence-corrected chi connectivity index (χ3v) is 13.8. The first-order valence-corrected chi connectivity index (χ1v) is 20.0. The summed E-state index contributed by atoms with van der Waals surface area (Å²) in [5.74, 6) is -2.14. The van der Waals surface area contributed by atoms with Crippen LogP contribution in [0.25, 0.3) is 0 Å². The number of aliphatic hydroxyl groups is 2. The summed E-state index contributed by atoms with van der Waals surface area (Å²) in [4.78, 5) is 11.2. The highest BCUT2D eigenvalue weighted by Gasteiger charge is 2.65. The molecule has 300 valence electrons. The highest BCUT2D eigenvalue weighted by molar-refractivity contribution is 5.85. The van der Waals surface area contributed by atoms with E-state index in [-0.39, 0.29) is 78.7 Å². The van der Waals surface area contributed by atoms with Crippen LogP contribution >= 0.6 is 0 Å². The minimum Gasteiger partial charge on any atom is -0.478 e. The van der Waals surface area contributed by atoms with Crippen LogP contribution in [0.1, 0.15) is 120 Å². The lowest BCUT2D eigenvalue weighted by atomic mass is 9.78. The topological polar surface area (TPSA) is 142 Å². The predicted molar refractivity (Wildman–Crippen MR) is 195 cm³/mol. The maximum Gasteiger partial charge on any atom is 0.330 e. The average Bonchev–Trinajstić information content (AvgIpc) is 3.76. The van der Waals surface area contributed by atoms with Gasteiger partial charge in [-0.1, -0.05) is 47.6 Å². The number of aliphatic carboxylic acids is 1. The SMILES string of the molecule is CO[C@@H]1C[C@@H](C[C@H](O)CC[C@H](C)C=C(C)C(=O)O)O[C@]2(O[C@](C)([C@H]3CC[C@@](C)([C@@H]4O[C@@H]([C@H]5O[C@](CO)(OC)[C@H](C)C[C@@H]5C)C[C@@H]4C)O3)C[C@H]2C)[C@@H]1C. The van der Waals surface area contributed by atoms with Gasteiger partial charge in [-0.05, 0) is 89.9 Å². The largest absolute Gasteiger partial charge is 0.478 e. The van der Waals surface area contributed by atoms with Gasteiger partial charge in [-0.25, -0.2) is 4.79 Å². The molecule has 1 spiro atoms. The van der Waals surface area contributed by atoms with E-state index in [1.165, 1.54) is 0 Å². The number of ether oxygens (including phenoxy) is 7. The van der Waals surface area contributed by atoms with E-state index in [4.69, 9.17) is 33.2 Å². The van der Waals surface area contributed by atoms with Gasteiger partial charge >= 0.3 is 5.97 Å². The third kappa shape index (κ3) is 8.05. The van der Waals surface area contributed by atoms with Gasteiger partial charge in [-0.15, -0.1) is 0 Å². The van der Waals surface area contributed by atoms with E-state index < -0.39 is 34.8 Å². The van der Waals surface area contributed by atoms with Crippen molar-refractivity contribution in [2.24, 2.45) is 35.5 Å². The van der Waals surface area contributed by atoms with Gasteiger partial charge < -0.3 is 48.5 Å². The van der Waals surface area contributed by atoms with Crippen LogP contribution < -0.4 is 0 Å². The van der Waals surface area contributed by atoms with E-state index in [2.05, 4.69) is 48.5 Å². The van der Waals surface area contributed by atoms with Gasteiger partial charge in [-0.3, -0.25) is 0 Å². The molecule has 5 aliphatic heterocycles. The number of methoxy groups -OCH3 is 2. The number of carbonyl (C=O) groups is 1. The molecule has 3 N–H and O–H groups in total. The van der Waals surface area contributed by atoms with E-state index >= 15 is 0 Å². The van der Waals surface area contributed by atoms with Crippen LogP contribution in [0.3, 0.4) is 0 Å². The minimum atomic E-state index is -1.02. The highest BCUT2D eigenvalue weighted by atomic mass is 16.7. The lowest BCUT2D eigenvalue weighted by molar-refractivity contribution is -0.352. The molecule has 0 amide bonds.